The number of carbonyl (C=O) groups is 3. The highest BCUT2D eigenvalue weighted by Crippen LogP contribution is 2.32. The summed E-state index contributed by atoms with van der Waals surface area (Å²) >= 11 is 2.25. The average Bonchev–Trinajstić information content (AvgIpc) is 3.46. The maximum absolute atomic E-state index is 14.0. The van der Waals surface area contributed by atoms with Crippen molar-refractivity contribution >= 4 is 57.2 Å². The van der Waals surface area contributed by atoms with E-state index in [0.717, 1.165) is 27.3 Å². The number of nitrogen functional groups attached to an aromatic ring is 1. The molecule has 0 bridgehead atoms. The predicted molar refractivity (Wildman–Crippen MR) is 142 cm³/mol. The van der Waals surface area contributed by atoms with E-state index in [2.05, 4.69) is 14.7 Å². The quantitative estimate of drug-likeness (QED) is 0.337. The second-order valence-electron chi connectivity index (χ2n) is 9.25. The minimum atomic E-state index is -0.998. The van der Waals surface area contributed by atoms with Crippen LogP contribution in [0.2, 0.25) is 0 Å². The molecule has 0 fully saturated rings. The molecule has 36 heavy (non-hydrogen) atoms. The number of amides is 3. The van der Waals surface area contributed by atoms with Crippen LogP contribution in [0.4, 0.5) is 5.69 Å². The lowest BCUT2D eigenvalue weighted by Gasteiger charge is -2.33. The van der Waals surface area contributed by atoms with Gasteiger partial charge in [0.2, 0.25) is 5.91 Å². The fourth-order valence-corrected chi connectivity index (χ4v) is 5.25. The summed E-state index contributed by atoms with van der Waals surface area (Å²) in [5.74, 6) is -1.70. The highest BCUT2D eigenvalue weighted by atomic mass is 32.1. The zero-order chi connectivity index (χ0) is 26.0. The highest BCUT2D eigenvalue weighted by Gasteiger charge is 2.36. The largest absolute Gasteiger partial charge is 0.395 e. The number of fused-ring (bicyclic) bond motifs is 1. The van der Waals surface area contributed by atoms with Crippen LogP contribution in [0.15, 0.2) is 54.0 Å². The number of nitrogens with one attached hydrogen (secondary N) is 1. The van der Waals surface area contributed by atoms with Gasteiger partial charge in [0, 0.05) is 22.0 Å². The van der Waals surface area contributed by atoms with Crippen LogP contribution in [0.3, 0.4) is 0 Å². The Kier molecular flexibility index (Phi) is 7.04. The second kappa shape index (κ2) is 10.0. The van der Waals surface area contributed by atoms with Crippen molar-refractivity contribution in [3.05, 3.63) is 75.1 Å². The Hall–Kier alpha value is -3.83. The number of nitrogens with two attached hydrogens (primary N) is 2. The van der Waals surface area contributed by atoms with E-state index in [0.29, 0.717) is 5.56 Å². The zero-order valence-corrected chi connectivity index (χ0v) is 21.7. The van der Waals surface area contributed by atoms with Crippen molar-refractivity contribution < 1.29 is 14.4 Å². The first-order chi connectivity index (χ1) is 17.0. The van der Waals surface area contributed by atoms with E-state index in [-0.39, 0.29) is 28.7 Å². The number of hydrogen-bond acceptors (Lipinski definition) is 8. The molecule has 0 saturated carbocycles. The lowest BCUT2D eigenvalue weighted by atomic mass is 9.99. The summed E-state index contributed by atoms with van der Waals surface area (Å²) in [6.45, 7) is 5.76. The van der Waals surface area contributed by atoms with Crippen molar-refractivity contribution in [1.82, 2.24) is 19.6 Å². The number of aromatic nitrogens is 2. The Morgan fingerprint density at radius 3 is 2.56 bits per heavy atom. The number of benzene rings is 1. The molecule has 3 heterocycles. The van der Waals surface area contributed by atoms with E-state index in [1.165, 1.54) is 16.2 Å². The van der Waals surface area contributed by atoms with Crippen molar-refractivity contribution in [2.45, 2.75) is 38.9 Å². The minimum absolute atomic E-state index is 0.0522. The molecule has 3 aromatic heterocycles. The van der Waals surface area contributed by atoms with Crippen LogP contribution in [0.1, 0.15) is 57.4 Å². The molecule has 0 saturated heterocycles. The number of primary amides is 1. The van der Waals surface area contributed by atoms with Gasteiger partial charge in [0.15, 0.2) is 5.69 Å². The summed E-state index contributed by atoms with van der Waals surface area (Å²) in [5, 5.41) is 5.74. The van der Waals surface area contributed by atoms with E-state index in [4.69, 9.17) is 11.5 Å². The van der Waals surface area contributed by atoms with Crippen LogP contribution in [-0.4, -0.2) is 37.5 Å². The predicted octanol–water partition coefficient (Wildman–Crippen LogP) is 3.73. The van der Waals surface area contributed by atoms with Crippen molar-refractivity contribution in [2.75, 3.05) is 5.73 Å². The van der Waals surface area contributed by atoms with E-state index in [1.807, 2.05) is 62.5 Å². The van der Waals surface area contributed by atoms with Crippen molar-refractivity contribution in [3.8, 4) is 0 Å². The van der Waals surface area contributed by atoms with Gasteiger partial charge in [-0.25, -0.2) is 0 Å². The molecule has 0 aliphatic carbocycles. The van der Waals surface area contributed by atoms with Crippen LogP contribution < -0.4 is 16.8 Å². The molecule has 0 aliphatic rings. The van der Waals surface area contributed by atoms with Gasteiger partial charge in [-0.3, -0.25) is 19.4 Å². The van der Waals surface area contributed by atoms with Gasteiger partial charge in [0.05, 0.1) is 17.7 Å². The van der Waals surface area contributed by atoms with Gasteiger partial charge in [-0.15, -0.1) is 11.3 Å². The fourth-order valence-electron chi connectivity index (χ4n) is 3.79. The van der Waals surface area contributed by atoms with Crippen LogP contribution >= 0.6 is 22.9 Å². The van der Waals surface area contributed by atoms with Crippen molar-refractivity contribution in [2.24, 2.45) is 5.73 Å². The Morgan fingerprint density at radius 1 is 1.14 bits per heavy atom. The molecule has 1 aromatic carbocycles. The summed E-state index contributed by atoms with van der Waals surface area (Å²) in [6, 6.07) is 11.9. The van der Waals surface area contributed by atoms with Gasteiger partial charge in [0.25, 0.3) is 11.8 Å². The number of nitrogens with zero attached hydrogens (tertiary/aromatic N) is 3. The maximum Gasteiger partial charge on any atom is 0.270 e. The zero-order valence-electron chi connectivity index (χ0n) is 20.0. The topological polar surface area (TPSA) is 144 Å². The molecule has 186 valence electrons. The van der Waals surface area contributed by atoms with E-state index in [1.54, 1.807) is 12.3 Å². The van der Waals surface area contributed by atoms with E-state index in [9.17, 15) is 14.4 Å². The molecule has 4 rings (SSSR count). The summed E-state index contributed by atoms with van der Waals surface area (Å²) in [5.41, 5.74) is 12.0. The van der Waals surface area contributed by atoms with Gasteiger partial charge in [-0.2, -0.15) is 4.37 Å². The SMILES string of the molecule is CC(C)(C)NC(=O)[C@@H](c1ccc2ncccc2c1)N(Cc1cccs1)C(=O)c1snc(C(N)=O)c1N. The number of rotatable bonds is 7. The molecule has 5 N–H and O–H groups in total. The van der Waals surface area contributed by atoms with Crippen LogP contribution in [0, 0.1) is 0 Å². The molecule has 0 spiro atoms. The third kappa shape index (κ3) is 5.37. The number of anilines is 1. The molecule has 11 heteroatoms. The summed E-state index contributed by atoms with van der Waals surface area (Å²) in [7, 11) is 0. The van der Waals surface area contributed by atoms with Crippen molar-refractivity contribution in [3.63, 3.8) is 0 Å². The molecule has 1 atom stereocenters. The van der Waals surface area contributed by atoms with E-state index < -0.39 is 23.4 Å². The first-order valence-corrected chi connectivity index (χ1v) is 12.8. The molecular weight excluding hydrogens is 496 g/mol. The monoisotopic (exact) mass is 522 g/mol. The maximum atomic E-state index is 14.0. The molecule has 3 amide bonds. The second-order valence-corrected chi connectivity index (χ2v) is 11.1. The summed E-state index contributed by atoms with van der Waals surface area (Å²) in [4.78, 5) is 46.2. The first-order valence-electron chi connectivity index (χ1n) is 11.1. The van der Waals surface area contributed by atoms with Crippen LogP contribution in [-0.2, 0) is 11.3 Å². The lowest BCUT2D eigenvalue weighted by Crippen LogP contribution is -2.49. The molecule has 0 aliphatic heterocycles. The van der Waals surface area contributed by atoms with Gasteiger partial charge < -0.3 is 21.7 Å². The Morgan fingerprint density at radius 2 is 1.92 bits per heavy atom. The Labute approximate surface area is 216 Å². The Bertz CT molecular complexity index is 1430. The number of pyridine rings is 1. The standard InChI is InChI=1S/C25H26N6O3S2/c1-25(2,3)29-23(33)20(15-8-9-17-14(12-15)6-4-10-28-17)31(13-16-7-5-11-35-16)24(34)21-18(26)19(22(27)32)30-36-21/h4-12,20H,13,26H2,1-3H3,(H2,27,32)(H,29,33)/t20-/m1/s1. The molecule has 0 unspecified atom stereocenters. The summed E-state index contributed by atoms with van der Waals surface area (Å²) in [6.07, 6.45) is 1.70. The van der Waals surface area contributed by atoms with Gasteiger partial charge in [-0.05, 0) is 67.5 Å². The average molecular weight is 523 g/mol. The van der Waals surface area contributed by atoms with Crippen LogP contribution in [0.25, 0.3) is 10.9 Å². The smallest absolute Gasteiger partial charge is 0.270 e. The number of carbonyl (C=O) groups excluding carboxylic acids is 3. The minimum Gasteiger partial charge on any atom is -0.395 e. The van der Waals surface area contributed by atoms with Gasteiger partial charge in [0.1, 0.15) is 10.9 Å². The van der Waals surface area contributed by atoms with Gasteiger partial charge in [-0.1, -0.05) is 18.2 Å². The number of hydrogen-bond donors (Lipinski definition) is 3. The highest BCUT2D eigenvalue weighted by molar-refractivity contribution is 7.10. The third-order valence-electron chi connectivity index (χ3n) is 5.32. The number of thiophene rings is 1. The van der Waals surface area contributed by atoms with E-state index >= 15 is 0 Å². The van der Waals surface area contributed by atoms with Crippen LogP contribution in [0.5, 0.6) is 0 Å². The molecule has 4 aromatic rings. The molecule has 9 nitrogen and oxygen atoms in total. The normalized spacial score (nSPS) is 12.3. The fraction of sp³-hybridized carbons (Fsp3) is 0.240. The third-order valence-corrected chi connectivity index (χ3v) is 7.04. The van der Waals surface area contributed by atoms with Gasteiger partial charge >= 0.3 is 0 Å². The lowest BCUT2D eigenvalue weighted by molar-refractivity contribution is -0.127. The first kappa shape index (κ1) is 25.3. The van der Waals surface area contributed by atoms with Crippen molar-refractivity contribution in [1.29, 1.82) is 0 Å². The Balaban J connectivity index is 1.87. The molecular formula is C25H26N6O3S2. The summed E-state index contributed by atoms with van der Waals surface area (Å²) < 4.78 is 3.98. The molecule has 0 radical (unpaired) electrons.